The van der Waals surface area contributed by atoms with E-state index in [1.807, 2.05) is 4.90 Å². The standard InChI is InChI=1S/C29H46N8O2/c1-3-27(38)36-12-4-5-20(10-13-36)23-7-8-24-28(35-23)29(32-17-30-24)34-21-6-9-25(19(2)15-21)39-22-11-14-37-26(16-22)31-18-33-37/h3,5,11,14,16,19,21,23-26,28-35H,1,4,6-10,12-13,15,17-18H2,2H3. The summed E-state index contributed by atoms with van der Waals surface area (Å²) in [7, 11) is 0. The van der Waals surface area contributed by atoms with Gasteiger partial charge < -0.3 is 15.0 Å². The predicted molar refractivity (Wildman–Crippen MR) is 152 cm³/mol. The number of rotatable bonds is 6. The first kappa shape index (κ1) is 27.0. The molecular formula is C29H46N8O2. The monoisotopic (exact) mass is 538 g/mol. The molecule has 5 heterocycles. The number of hydrazine groups is 1. The van der Waals surface area contributed by atoms with Gasteiger partial charge in [0.2, 0.25) is 5.91 Å². The van der Waals surface area contributed by atoms with Gasteiger partial charge in [-0.15, -0.1) is 0 Å². The highest BCUT2D eigenvalue weighted by atomic mass is 16.5. The van der Waals surface area contributed by atoms with Crippen molar-refractivity contribution in [2.45, 2.75) is 94.5 Å². The van der Waals surface area contributed by atoms with Crippen molar-refractivity contribution in [2.75, 3.05) is 26.4 Å². The lowest BCUT2D eigenvalue weighted by atomic mass is 9.83. The summed E-state index contributed by atoms with van der Waals surface area (Å²) in [5.74, 6) is 1.50. The van der Waals surface area contributed by atoms with E-state index in [-0.39, 0.29) is 24.3 Å². The van der Waals surface area contributed by atoms with Crippen LogP contribution in [0.3, 0.4) is 0 Å². The number of carbonyl (C=O) groups excluding carboxylic acids is 1. The van der Waals surface area contributed by atoms with Gasteiger partial charge in [-0.25, -0.2) is 5.43 Å². The Morgan fingerprint density at radius 1 is 1.15 bits per heavy atom. The highest BCUT2D eigenvalue weighted by Crippen LogP contribution is 2.31. The number of carbonyl (C=O) groups is 1. The second-order valence-electron chi connectivity index (χ2n) is 11.9. The third-order valence-electron chi connectivity index (χ3n) is 9.44. The van der Waals surface area contributed by atoms with Gasteiger partial charge in [-0.05, 0) is 69.1 Å². The topological polar surface area (TPSA) is 105 Å². The Balaban J connectivity index is 1.02. The highest BCUT2D eigenvalue weighted by molar-refractivity contribution is 5.87. The quantitative estimate of drug-likeness (QED) is 0.218. The second-order valence-corrected chi connectivity index (χ2v) is 11.9. The number of allylic oxidation sites excluding steroid dienone is 1. The van der Waals surface area contributed by atoms with Gasteiger partial charge in [0.25, 0.3) is 0 Å². The van der Waals surface area contributed by atoms with Gasteiger partial charge in [0, 0.05) is 44.1 Å². The van der Waals surface area contributed by atoms with Gasteiger partial charge in [-0.2, -0.15) is 0 Å². The average molecular weight is 539 g/mol. The molecular weight excluding hydrogens is 492 g/mol. The molecule has 5 aliphatic heterocycles. The van der Waals surface area contributed by atoms with Crippen molar-refractivity contribution in [3.05, 3.63) is 48.4 Å². The summed E-state index contributed by atoms with van der Waals surface area (Å²) in [6.45, 7) is 9.17. The minimum atomic E-state index is 0.0438. The number of nitrogens with zero attached hydrogens (tertiary/aromatic N) is 2. The molecule has 6 aliphatic rings. The maximum Gasteiger partial charge on any atom is 0.245 e. The zero-order valence-electron chi connectivity index (χ0n) is 23.2. The van der Waals surface area contributed by atoms with Crippen LogP contribution in [0.5, 0.6) is 0 Å². The van der Waals surface area contributed by atoms with Crippen LogP contribution in [0.4, 0.5) is 0 Å². The van der Waals surface area contributed by atoms with E-state index in [1.165, 1.54) is 11.6 Å². The summed E-state index contributed by atoms with van der Waals surface area (Å²) in [6.07, 6.45) is 18.2. The Labute approximate surface area is 232 Å². The van der Waals surface area contributed by atoms with Crippen molar-refractivity contribution in [3.8, 4) is 0 Å². The van der Waals surface area contributed by atoms with E-state index in [0.717, 1.165) is 77.1 Å². The molecule has 214 valence electrons. The van der Waals surface area contributed by atoms with Crippen molar-refractivity contribution in [3.63, 3.8) is 0 Å². The SMILES string of the molecule is C=CC(=O)N1CCC=C(C2CCC3NCNC(NC4CCC(OC5=CC6NCNN6C=C5)C(C)C4)C3N2)CC1. The van der Waals surface area contributed by atoms with Crippen LogP contribution in [0.15, 0.2) is 48.4 Å². The summed E-state index contributed by atoms with van der Waals surface area (Å²) >= 11 is 0. The van der Waals surface area contributed by atoms with Gasteiger partial charge in [0.15, 0.2) is 0 Å². The fourth-order valence-corrected chi connectivity index (χ4v) is 7.24. The number of amides is 1. The molecule has 6 N–H and O–H groups in total. The molecule has 0 aromatic carbocycles. The van der Waals surface area contributed by atoms with E-state index >= 15 is 0 Å². The summed E-state index contributed by atoms with van der Waals surface area (Å²) in [5.41, 5.74) is 4.74. The molecule has 0 aromatic rings. The summed E-state index contributed by atoms with van der Waals surface area (Å²) in [4.78, 5) is 14.1. The minimum absolute atomic E-state index is 0.0438. The molecule has 10 nitrogen and oxygen atoms in total. The Morgan fingerprint density at radius 2 is 2.08 bits per heavy atom. The molecule has 39 heavy (non-hydrogen) atoms. The molecule has 1 aliphatic carbocycles. The zero-order valence-corrected chi connectivity index (χ0v) is 23.2. The number of hydrogen-bond donors (Lipinski definition) is 6. The largest absolute Gasteiger partial charge is 0.490 e. The third-order valence-corrected chi connectivity index (χ3v) is 9.44. The van der Waals surface area contributed by atoms with Gasteiger partial charge in [0.1, 0.15) is 18.0 Å². The Hall–Kier alpha value is -2.21. The van der Waals surface area contributed by atoms with Crippen LogP contribution in [-0.4, -0.2) is 84.8 Å². The van der Waals surface area contributed by atoms with E-state index in [9.17, 15) is 4.79 Å². The summed E-state index contributed by atoms with van der Waals surface area (Å²) in [6, 6.07) is 1.63. The first-order valence-electron chi connectivity index (χ1n) is 15.0. The molecule has 3 saturated heterocycles. The molecule has 0 spiro atoms. The maximum absolute atomic E-state index is 12.1. The normalized spacial score (nSPS) is 38.7. The van der Waals surface area contributed by atoms with Crippen LogP contribution in [0.1, 0.15) is 51.9 Å². The summed E-state index contributed by atoms with van der Waals surface area (Å²) < 4.78 is 6.48. The lowest BCUT2D eigenvalue weighted by Gasteiger charge is -2.48. The zero-order chi connectivity index (χ0) is 26.8. The number of fused-ring (bicyclic) bond motifs is 2. The molecule has 10 heteroatoms. The number of piperidine rings is 1. The fourth-order valence-electron chi connectivity index (χ4n) is 7.24. The van der Waals surface area contributed by atoms with Crippen molar-refractivity contribution in [1.29, 1.82) is 0 Å². The fraction of sp³-hybridized carbons (Fsp3) is 0.690. The first-order chi connectivity index (χ1) is 19.1. The van der Waals surface area contributed by atoms with E-state index in [0.29, 0.717) is 30.1 Å². The van der Waals surface area contributed by atoms with Gasteiger partial charge in [0.05, 0.1) is 18.9 Å². The Kier molecular flexibility index (Phi) is 8.38. The maximum atomic E-state index is 12.1. The number of hydrogen-bond acceptors (Lipinski definition) is 9. The van der Waals surface area contributed by atoms with Crippen LogP contribution < -0.4 is 32.0 Å². The molecule has 0 radical (unpaired) electrons. The predicted octanol–water partition coefficient (Wildman–Crippen LogP) is 0.955. The van der Waals surface area contributed by atoms with Crippen molar-refractivity contribution < 1.29 is 9.53 Å². The Bertz CT molecular complexity index is 998. The number of ether oxygens (including phenoxy) is 1. The minimum Gasteiger partial charge on any atom is -0.490 e. The van der Waals surface area contributed by atoms with Crippen LogP contribution in [0.2, 0.25) is 0 Å². The van der Waals surface area contributed by atoms with Gasteiger partial charge >= 0.3 is 0 Å². The van der Waals surface area contributed by atoms with Crippen LogP contribution >= 0.6 is 0 Å². The lowest BCUT2D eigenvalue weighted by molar-refractivity contribution is -0.125. The van der Waals surface area contributed by atoms with Crippen LogP contribution in [-0.2, 0) is 9.53 Å². The van der Waals surface area contributed by atoms with Crippen molar-refractivity contribution >= 4 is 5.91 Å². The van der Waals surface area contributed by atoms with E-state index in [1.54, 1.807) is 0 Å². The van der Waals surface area contributed by atoms with Crippen molar-refractivity contribution in [2.24, 2.45) is 5.92 Å². The third kappa shape index (κ3) is 6.11. The smallest absolute Gasteiger partial charge is 0.245 e. The molecule has 8 unspecified atom stereocenters. The van der Waals surface area contributed by atoms with Crippen molar-refractivity contribution in [1.82, 2.24) is 41.9 Å². The van der Waals surface area contributed by atoms with E-state index in [4.69, 9.17) is 4.74 Å². The first-order valence-corrected chi connectivity index (χ1v) is 15.0. The lowest BCUT2D eigenvalue weighted by Crippen LogP contribution is -2.73. The number of nitrogens with one attached hydrogen (secondary N) is 6. The molecule has 4 fully saturated rings. The highest BCUT2D eigenvalue weighted by Gasteiger charge is 2.40. The second kappa shape index (κ2) is 12.1. The van der Waals surface area contributed by atoms with Crippen LogP contribution in [0.25, 0.3) is 0 Å². The molecule has 6 rings (SSSR count). The summed E-state index contributed by atoms with van der Waals surface area (Å²) in [5, 5.41) is 20.9. The average Bonchev–Trinajstić information content (AvgIpc) is 3.28. The molecule has 8 atom stereocenters. The molecule has 1 saturated carbocycles. The molecule has 0 bridgehead atoms. The van der Waals surface area contributed by atoms with E-state index < -0.39 is 0 Å². The van der Waals surface area contributed by atoms with Gasteiger partial charge in [-0.1, -0.05) is 25.2 Å². The van der Waals surface area contributed by atoms with Gasteiger partial charge in [-0.3, -0.25) is 31.1 Å². The molecule has 0 aromatic heterocycles. The van der Waals surface area contributed by atoms with E-state index in [2.05, 4.69) is 74.9 Å². The van der Waals surface area contributed by atoms with Crippen LogP contribution in [0, 0.1) is 5.92 Å². The molecule has 1 amide bonds. The Morgan fingerprint density at radius 3 is 2.95 bits per heavy atom.